The molecule has 0 bridgehead atoms. The van der Waals surface area contributed by atoms with Gasteiger partial charge in [-0.2, -0.15) is 0 Å². The van der Waals surface area contributed by atoms with Gasteiger partial charge in [0, 0.05) is 32.3 Å². The van der Waals surface area contributed by atoms with Crippen LogP contribution < -0.4 is 5.73 Å². The maximum atomic E-state index is 5.90. The first-order chi connectivity index (χ1) is 8.01. The number of thiophene rings is 1. The average molecular weight is 321 g/mol. The molecule has 98 valence electrons. The molecule has 5 heteroatoms. The minimum absolute atomic E-state index is 0.00950. The number of rotatable bonds is 7. The van der Waals surface area contributed by atoms with E-state index in [0.717, 1.165) is 19.6 Å². The minimum atomic E-state index is -0.00950. The molecule has 1 atom stereocenters. The summed E-state index contributed by atoms with van der Waals surface area (Å²) in [5, 5.41) is 2.17. The zero-order valence-corrected chi connectivity index (χ0v) is 13.1. The Labute approximate surface area is 116 Å². The van der Waals surface area contributed by atoms with Gasteiger partial charge in [-0.25, -0.2) is 0 Å². The normalized spacial score (nSPS) is 15.2. The Bertz CT molecular complexity index is 345. The molecule has 2 N–H and O–H groups in total. The molecule has 0 aromatic carbocycles. The lowest BCUT2D eigenvalue weighted by Crippen LogP contribution is -2.49. The molecule has 0 spiro atoms. The van der Waals surface area contributed by atoms with Crippen molar-refractivity contribution in [2.45, 2.75) is 25.4 Å². The Morgan fingerprint density at radius 2 is 2.29 bits per heavy atom. The molecule has 1 heterocycles. The van der Waals surface area contributed by atoms with Crippen LogP contribution in [0.3, 0.4) is 0 Å². The number of nitrogens with zero attached hydrogens (tertiary/aromatic N) is 1. The molecule has 1 aromatic heterocycles. The van der Waals surface area contributed by atoms with E-state index in [9.17, 15) is 0 Å². The largest absolute Gasteiger partial charge is 0.385 e. The third-order valence-electron chi connectivity index (χ3n) is 3.25. The van der Waals surface area contributed by atoms with E-state index in [1.54, 1.807) is 18.4 Å². The molecular weight excluding hydrogens is 300 g/mol. The second kappa shape index (κ2) is 6.85. The molecule has 0 aliphatic rings. The molecule has 0 aliphatic carbocycles. The SMILES string of the molecule is COCCC(C)(CN)N(C)Cc1csc(Br)c1. The number of nitrogens with two attached hydrogens (primary N) is 1. The Morgan fingerprint density at radius 1 is 1.59 bits per heavy atom. The second-order valence-electron chi connectivity index (χ2n) is 4.56. The summed E-state index contributed by atoms with van der Waals surface area (Å²) >= 11 is 5.20. The molecular formula is C12H21BrN2OS. The van der Waals surface area contributed by atoms with Crippen molar-refractivity contribution in [2.75, 3.05) is 27.3 Å². The quantitative estimate of drug-likeness (QED) is 0.839. The van der Waals surface area contributed by atoms with Gasteiger partial charge in [0.05, 0.1) is 3.79 Å². The summed E-state index contributed by atoms with van der Waals surface area (Å²) in [6.45, 7) is 4.48. The zero-order valence-electron chi connectivity index (χ0n) is 10.7. The molecule has 0 saturated carbocycles. The molecule has 1 rings (SSSR count). The van der Waals surface area contributed by atoms with Crippen LogP contribution in [0, 0.1) is 0 Å². The number of hydrogen-bond acceptors (Lipinski definition) is 4. The van der Waals surface area contributed by atoms with Gasteiger partial charge in [0.2, 0.25) is 0 Å². The van der Waals surface area contributed by atoms with Crippen molar-refractivity contribution in [3.05, 3.63) is 20.8 Å². The average Bonchev–Trinajstić information content (AvgIpc) is 2.71. The number of halogens is 1. The van der Waals surface area contributed by atoms with E-state index in [1.807, 2.05) is 0 Å². The fraction of sp³-hybridized carbons (Fsp3) is 0.667. The maximum absolute atomic E-state index is 5.90. The Balaban J connectivity index is 2.62. The lowest BCUT2D eigenvalue weighted by molar-refractivity contribution is 0.0840. The van der Waals surface area contributed by atoms with E-state index in [1.165, 1.54) is 9.35 Å². The molecule has 3 nitrogen and oxygen atoms in total. The van der Waals surface area contributed by atoms with E-state index in [-0.39, 0.29) is 5.54 Å². The summed E-state index contributed by atoms with van der Waals surface area (Å²) in [6, 6.07) is 2.16. The molecule has 0 amide bonds. The molecule has 0 radical (unpaired) electrons. The van der Waals surface area contributed by atoms with Crippen LogP contribution in [0.5, 0.6) is 0 Å². The van der Waals surface area contributed by atoms with E-state index in [0.29, 0.717) is 6.54 Å². The highest BCUT2D eigenvalue weighted by Gasteiger charge is 2.27. The minimum Gasteiger partial charge on any atom is -0.385 e. The highest BCUT2D eigenvalue weighted by molar-refractivity contribution is 9.11. The van der Waals surface area contributed by atoms with E-state index in [2.05, 4.69) is 46.2 Å². The first-order valence-corrected chi connectivity index (χ1v) is 7.32. The van der Waals surface area contributed by atoms with Crippen LogP contribution in [0.15, 0.2) is 15.2 Å². The Kier molecular flexibility index (Phi) is 6.09. The van der Waals surface area contributed by atoms with Crippen LogP contribution in [0.4, 0.5) is 0 Å². The number of likely N-dealkylation sites (N-methyl/N-ethyl adjacent to an activating group) is 1. The van der Waals surface area contributed by atoms with Crippen LogP contribution in [0.25, 0.3) is 0 Å². The van der Waals surface area contributed by atoms with Crippen LogP contribution >= 0.6 is 27.3 Å². The monoisotopic (exact) mass is 320 g/mol. The standard InChI is InChI=1S/C12H21BrN2OS/c1-12(9-14,4-5-16-3)15(2)7-10-6-11(13)17-8-10/h6,8H,4-5,7,9,14H2,1-3H3. The van der Waals surface area contributed by atoms with Gasteiger partial charge in [0.25, 0.3) is 0 Å². The molecule has 0 aliphatic heterocycles. The maximum Gasteiger partial charge on any atom is 0.0701 e. The van der Waals surface area contributed by atoms with Crippen LogP contribution in [0.2, 0.25) is 0 Å². The van der Waals surface area contributed by atoms with Crippen molar-refractivity contribution in [1.29, 1.82) is 0 Å². The number of ether oxygens (including phenoxy) is 1. The second-order valence-corrected chi connectivity index (χ2v) is 6.85. The number of hydrogen-bond donors (Lipinski definition) is 1. The first-order valence-electron chi connectivity index (χ1n) is 5.65. The highest BCUT2D eigenvalue weighted by Crippen LogP contribution is 2.24. The van der Waals surface area contributed by atoms with Gasteiger partial charge in [-0.05, 0) is 53.3 Å². The topological polar surface area (TPSA) is 38.5 Å². The predicted molar refractivity (Wildman–Crippen MR) is 77.4 cm³/mol. The van der Waals surface area contributed by atoms with Gasteiger partial charge in [0.15, 0.2) is 0 Å². The van der Waals surface area contributed by atoms with Gasteiger partial charge in [-0.1, -0.05) is 0 Å². The molecule has 1 aromatic rings. The fourth-order valence-electron chi connectivity index (χ4n) is 1.66. The lowest BCUT2D eigenvalue weighted by atomic mass is 9.96. The first kappa shape index (κ1) is 15.1. The Morgan fingerprint density at radius 3 is 2.76 bits per heavy atom. The molecule has 1 unspecified atom stereocenters. The lowest BCUT2D eigenvalue weighted by Gasteiger charge is -2.38. The predicted octanol–water partition coefficient (Wildman–Crippen LogP) is 2.70. The summed E-state index contributed by atoms with van der Waals surface area (Å²) in [6.07, 6.45) is 0.946. The summed E-state index contributed by atoms with van der Waals surface area (Å²) < 4.78 is 6.33. The summed E-state index contributed by atoms with van der Waals surface area (Å²) in [5.41, 5.74) is 7.22. The van der Waals surface area contributed by atoms with Crippen molar-refractivity contribution in [2.24, 2.45) is 5.73 Å². The van der Waals surface area contributed by atoms with Gasteiger partial charge in [-0.15, -0.1) is 11.3 Å². The Hall–Kier alpha value is 0.0600. The summed E-state index contributed by atoms with van der Waals surface area (Å²) in [4.78, 5) is 2.31. The third-order valence-corrected chi connectivity index (χ3v) is 4.80. The van der Waals surface area contributed by atoms with Crippen molar-refractivity contribution in [1.82, 2.24) is 4.90 Å². The molecule has 17 heavy (non-hydrogen) atoms. The van der Waals surface area contributed by atoms with Crippen LogP contribution in [-0.4, -0.2) is 37.7 Å². The van der Waals surface area contributed by atoms with Crippen molar-refractivity contribution in [3.63, 3.8) is 0 Å². The van der Waals surface area contributed by atoms with Crippen LogP contribution in [0.1, 0.15) is 18.9 Å². The number of methoxy groups -OCH3 is 1. The van der Waals surface area contributed by atoms with Gasteiger partial charge in [-0.3, -0.25) is 4.90 Å². The smallest absolute Gasteiger partial charge is 0.0701 e. The van der Waals surface area contributed by atoms with Crippen molar-refractivity contribution in [3.8, 4) is 0 Å². The van der Waals surface area contributed by atoms with Gasteiger partial charge >= 0.3 is 0 Å². The molecule has 0 saturated heterocycles. The van der Waals surface area contributed by atoms with Crippen LogP contribution in [-0.2, 0) is 11.3 Å². The zero-order chi connectivity index (χ0) is 12.9. The van der Waals surface area contributed by atoms with E-state index in [4.69, 9.17) is 10.5 Å². The molecule has 0 fully saturated rings. The van der Waals surface area contributed by atoms with Gasteiger partial charge in [0.1, 0.15) is 0 Å². The van der Waals surface area contributed by atoms with E-state index < -0.39 is 0 Å². The van der Waals surface area contributed by atoms with Crippen molar-refractivity contribution >= 4 is 27.3 Å². The fourth-order valence-corrected chi connectivity index (χ4v) is 2.86. The summed E-state index contributed by atoms with van der Waals surface area (Å²) in [7, 11) is 3.85. The third kappa shape index (κ3) is 4.34. The van der Waals surface area contributed by atoms with Gasteiger partial charge < -0.3 is 10.5 Å². The van der Waals surface area contributed by atoms with E-state index >= 15 is 0 Å². The van der Waals surface area contributed by atoms with Crippen molar-refractivity contribution < 1.29 is 4.74 Å². The highest BCUT2D eigenvalue weighted by atomic mass is 79.9. The summed E-state index contributed by atoms with van der Waals surface area (Å²) in [5.74, 6) is 0.